The van der Waals surface area contributed by atoms with Crippen LogP contribution in [0.5, 0.6) is 11.5 Å². The molecule has 0 heterocycles. The van der Waals surface area contributed by atoms with Crippen molar-refractivity contribution in [2.24, 2.45) is 0 Å². The molecule has 0 atom stereocenters. The van der Waals surface area contributed by atoms with Gasteiger partial charge in [0.15, 0.2) is 11.5 Å². The van der Waals surface area contributed by atoms with Gasteiger partial charge in [0.05, 0.1) is 24.7 Å². The van der Waals surface area contributed by atoms with E-state index in [2.05, 4.69) is 12.2 Å². The van der Waals surface area contributed by atoms with Gasteiger partial charge in [-0.25, -0.2) is 0 Å². The number of unbranched alkanes of at least 4 members (excludes halogenated alkanes) is 6. The zero-order valence-electron chi connectivity index (χ0n) is 16.0. The van der Waals surface area contributed by atoms with Crippen molar-refractivity contribution in [3.63, 3.8) is 0 Å². The number of carbonyl (C=O) groups is 1. The van der Waals surface area contributed by atoms with Gasteiger partial charge in [-0.2, -0.15) is 0 Å². The van der Waals surface area contributed by atoms with Gasteiger partial charge in [0, 0.05) is 12.6 Å². The fourth-order valence-electron chi connectivity index (χ4n) is 2.69. The molecule has 1 amide bonds. The molecule has 0 unspecified atom stereocenters. The minimum absolute atomic E-state index is 0.0119. The van der Waals surface area contributed by atoms with Crippen LogP contribution in [0.4, 0.5) is 5.69 Å². The highest BCUT2D eigenvalue weighted by Crippen LogP contribution is 2.34. The maximum absolute atomic E-state index is 12.4. The highest BCUT2D eigenvalue weighted by atomic mass is 16.6. The second kappa shape index (κ2) is 12.1. The zero-order chi connectivity index (χ0) is 19.4. The molecule has 1 rings (SSSR count). The first-order valence-electron chi connectivity index (χ1n) is 9.32. The minimum Gasteiger partial charge on any atom is -0.493 e. The van der Waals surface area contributed by atoms with Crippen LogP contribution in [-0.4, -0.2) is 31.1 Å². The van der Waals surface area contributed by atoms with Crippen molar-refractivity contribution in [3.8, 4) is 11.5 Å². The molecule has 1 aromatic carbocycles. The lowest BCUT2D eigenvalue weighted by Gasteiger charge is -2.12. The fourth-order valence-corrected chi connectivity index (χ4v) is 2.69. The number of ether oxygens (including phenoxy) is 2. The average Bonchev–Trinajstić information content (AvgIpc) is 2.63. The monoisotopic (exact) mass is 366 g/mol. The molecule has 0 spiro atoms. The van der Waals surface area contributed by atoms with Crippen molar-refractivity contribution in [1.82, 2.24) is 5.32 Å². The third-order valence-corrected chi connectivity index (χ3v) is 4.09. The summed E-state index contributed by atoms with van der Waals surface area (Å²) in [5, 5.41) is 14.1. The summed E-state index contributed by atoms with van der Waals surface area (Å²) < 4.78 is 10.5. The molecule has 1 N–H and O–H groups in total. The van der Waals surface area contributed by atoms with E-state index in [4.69, 9.17) is 9.47 Å². The van der Waals surface area contributed by atoms with Gasteiger partial charge >= 0.3 is 0 Å². The Kier molecular flexibility index (Phi) is 10.1. The number of benzene rings is 1. The van der Waals surface area contributed by atoms with E-state index in [-0.39, 0.29) is 17.0 Å². The van der Waals surface area contributed by atoms with E-state index in [0.29, 0.717) is 18.9 Å². The highest BCUT2D eigenvalue weighted by molar-refractivity contribution is 5.99. The van der Waals surface area contributed by atoms with E-state index in [1.54, 1.807) is 6.92 Å². The molecule has 0 aliphatic rings. The van der Waals surface area contributed by atoms with E-state index in [9.17, 15) is 14.9 Å². The second-order valence-corrected chi connectivity index (χ2v) is 6.09. The first-order valence-corrected chi connectivity index (χ1v) is 9.32. The number of nitro groups is 1. The molecule has 0 aliphatic heterocycles. The molecule has 0 fully saturated rings. The number of nitro benzene ring substituents is 1. The van der Waals surface area contributed by atoms with Gasteiger partial charge in [-0.05, 0) is 13.3 Å². The molecule has 7 heteroatoms. The minimum atomic E-state index is -0.582. The lowest BCUT2D eigenvalue weighted by Crippen LogP contribution is -2.25. The largest absolute Gasteiger partial charge is 0.493 e. The number of hydrogen-bond donors (Lipinski definition) is 1. The Morgan fingerprint density at radius 1 is 1.08 bits per heavy atom. The normalized spacial score (nSPS) is 10.4. The quantitative estimate of drug-likeness (QED) is 0.316. The molecule has 0 radical (unpaired) electrons. The van der Waals surface area contributed by atoms with Crippen molar-refractivity contribution in [2.75, 3.05) is 20.3 Å². The van der Waals surface area contributed by atoms with Crippen LogP contribution in [0.2, 0.25) is 0 Å². The summed E-state index contributed by atoms with van der Waals surface area (Å²) in [5.41, 5.74) is -0.301. The summed E-state index contributed by atoms with van der Waals surface area (Å²) in [6, 6.07) is 2.61. The second-order valence-electron chi connectivity index (χ2n) is 6.09. The Morgan fingerprint density at radius 3 is 2.31 bits per heavy atom. The summed E-state index contributed by atoms with van der Waals surface area (Å²) in [5.74, 6) is 0.0927. The Bertz CT molecular complexity index is 590. The molecule has 7 nitrogen and oxygen atoms in total. The maximum atomic E-state index is 12.4. The molecule has 0 saturated heterocycles. The first kappa shape index (κ1) is 21.7. The van der Waals surface area contributed by atoms with Crippen LogP contribution in [0.1, 0.15) is 69.2 Å². The Balaban J connectivity index is 2.66. The van der Waals surface area contributed by atoms with Crippen LogP contribution in [0.3, 0.4) is 0 Å². The van der Waals surface area contributed by atoms with Gasteiger partial charge in [0.1, 0.15) is 5.56 Å². The summed E-state index contributed by atoms with van der Waals surface area (Å²) in [6.07, 6.45) is 8.00. The predicted octanol–water partition coefficient (Wildman–Crippen LogP) is 4.48. The Hall–Kier alpha value is -2.31. The summed E-state index contributed by atoms with van der Waals surface area (Å²) >= 11 is 0. The van der Waals surface area contributed by atoms with Gasteiger partial charge in [-0.1, -0.05) is 45.4 Å². The number of amides is 1. The van der Waals surface area contributed by atoms with Gasteiger partial charge < -0.3 is 14.8 Å². The van der Waals surface area contributed by atoms with E-state index in [1.165, 1.54) is 44.9 Å². The lowest BCUT2D eigenvalue weighted by atomic mass is 10.1. The average molecular weight is 366 g/mol. The molecule has 1 aromatic rings. The molecule has 146 valence electrons. The van der Waals surface area contributed by atoms with Crippen molar-refractivity contribution >= 4 is 11.6 Å². The Morgan fingerprint density at radius 2 is 1.73 bits per heavy atom. The predicted molar refractivity (Wildman–Crippen MR) is 101 cm³/mol. The fraction of sp³-hybridized carbons (Fsp3) is 0.632. The number of carbonyl (C=O) groups excluding carboxylic acids is 1. The van der Waals surface area contributed by atoms with Crippen LogP contribution >= 0.6 is 0 Å². The first-order chi connectivity index (χ1) is 12.5. The molecular formula is C19H30N2O5. The van der Waals surface area contributed by atoms with Crippen molar-refractivity contribution in [3.05, 3.63) is 27.8 Å². The van der Waals surface area contributed by atoms with Crippen LogP contribution in [0.15, 0.2) is 12.1 Å². The molecule has 26 heavy (non-hydrogen) atoms. The van der Waals surface area contributed by atoms with E-state index >= 15 is 0 Å². The van der Waals surface area contributed by atoms with Crippen LogP contribution in [0, 0.1) is 10.1 Å². The zero-order valence-corrected chi connectivity index (χ0v) is 16.0. The molecule has 0 saturated carbocycles. The standard InChI is InChI=1S/C19H30N2O5/c1-4-6-7-8-9-10-11-12-20-19(22)15-13-18(26-5-2)17(25-3)14-16(15)21(23)24/h13-14H,4-12H2,1-3H3,(H,20,22). The van der Waals surface area contributed by atoms with Crippen LogP contribution in [0.25, 0.3) is 0 Å². The van der Waals surface area contributed by atoms with E-state index in [0.717, 1.165) is 19.3 Å². The third-order valence-electron chi connectivity index (χ3n) is 4.09. The number of nitrogens with zero attached hydrogens (tertiary/aromatic N) is 1. The summed E-state index contributed by atoms with van der Waals surface area (Å²) in [6.45, 7) is 4.85. The van der Waals surface area contributed by atoms with Crippen molar-refractivity contribution in [1.29, 1.82) is 0 Å². The van der Waals surface area contributed by atoms with E-state index < -0.39 is 10.8 Å². The summed E-state index contributed by atoms with van der Waals surface area (Å²) in [4.78, 5) is 23.1. The van der Waals surface area contributed by atoms with Gasteiger partial charge in [0.2, 0.25) is 0 Å². The third kappa shape index (κ3) is 6.90. The molecule has 0 bridgehead atoms. The molecule has 0 aromatic heterocycles. The number of nitrogens with one attached hydrogen (secondary N) is 1. The number of rotatable bonds is 13. The van der Waals surface area contributed by atoms with Gasteiger partial charge in [-0.3, -0.25) is 14.9 Å². The Labute approximate surface area is 155 Å². The number of hydrogen-bond acceptors (Lipinski definition) is 5. The SMILES string of the molecule is CCCCCCCCCNC(=O)c1cc(OCC)c(OC)cc1[N+](=O)[O-]. The molecule has 0 aliphatic carbocycles. The summed E-state index contributed by atoms with van der Waals surface area (Å²) in [7, 11) is 1.40. The van der Waals surface area contributed by atoms with Gasteiger partial charge in [0.25, 0.3) is 11.6 Å². The van der Waals surface area contributed by atoms with Crippen molar-refractivity contribution in [2.45, 2.75) is 58.8 Å². The van der Waals surface area contributed by atoms with E-state index in [1.807, 2.05) is 0 Å². The smallest absolute Gasteiger partial charge is 0.286 e. The number of methoxy groups -OCH3 is 1. The highest BCUT2D eigenvalue weighted by Gasteiger charge is 2.24. The topological polar surface area (TPSA) is 90.7 Å². The van der Waals surface area contributed by atoms with Crippen molar-refractivity contribution < 1.29 is 19.2 Å². The molecular weight excluding hydrogens is 336 g/mol. The van der Waals surface area contributed by atoms with Crippen LogP contribution < -0.4 is 14.8 Å². The van der Waals surface area contributed by atoms with Gasteiger partial charge in [-0.15, -0.1) is 0 Å². The van der Waals surface area contributed by atoms with Crippen LogP contribution in [-0.2, 0) is 0 Å². The maximum Gasteiger partial charge on any atom is 0.286 e. The lowest BCUT2D eigenvalue weighted by molar-refractivity contribution is -0.385.